The first-order valence-electron chi connectivity index (χ1n) is 10.9. The number of carboxylic acid groups (broad SMARTS) is 1. The van der Waals surface area contributed by atoms with Crippen molar-refractivity contribution in [3.05, 3.63) is 32.5 Å². The van der Waals surface area contributed by atoms with Gasteiger partial charge in [0.05, 0.1) is 37.2 Å². The van der Waals surface area contributed by atoms with Crippen LogP contribution in [0.2, 0.25) is 0 Å². The first-order valence-corrected chi connectivity index (χ1v) is 11.7. The van der Waals surface area contributed by atoms with Crippen molar-refractivity contribution in [1.29, 1.82) is 0 Å². The van der Waals surface area contributed by atoms with Gasteiger partial charge < -0.3 is 9.84 Å². The van der Waals surface area contributed by atoms with Crippen molar-refractivity contribution in [3.63, 3.8) is 0 Å². The number of halogens is 3. The van der Waals surface area contributed by atoms with Gasteiger partial charge in [-0.3, -0.25) is 9.58 Å². The van der Waals surface area contributed by atoms with Gasteiger partial charge in [-0.2, -0.15) is 18.3 Å². The number of hydrogen-bond acceptors (Lipinski definition) is 6. The standard InChI is InChI=1S/C20H30N4OS.C2HF3O2/c1-13-19(16-12-25-9-8-23(16)5)14(2)24(22-13)11-18-21-15-6-7-20(3,4)10-17(15)26-18;3-2(4,5)1(6)7/h16H,6-12H2,1-5H3;(H,6,7). The predicted molar refractivity (Wildman–Crippen MR) is 119 cm³/mol. The molecule has 7 nitrogen and oxygen atoms in total. The Labute approximate surface area is 195 Å². The molecule has 0 bridgehead atoms. The van der Waals surface area contributed by atoms with Crippen molar-refractivity contribution in [1.82, 2.24) is 19.7 Å². The minimum Gasteiger partial charge on any atom is -0.475 e. The van der Waals surface area contributed by atoms with Crippen LogP contribution in [0.3, 0.4) is 0 Å². The van der Waals surface area contributed by atoms with Crippen LogP contribution in [0.15, 0.2) is 0 Å². The number of fused-ring (bicyclic) bond motifs is 1. The molecule has 1 aliphatic heterocycles. The second-order valence-electron chi connectivity index (χ2n) is 9.43. The van der Waals surface area contributed by atoms with Gasteiger partial charge in [0, 0.05) is 22.7 Å². The molecule has 1 fully saturated rings. The topological polar surface area (TPSA) is 80.5 Å². The lowest BCUT2D eigenvalue weighted by molar-refractivity contribution is -0.192. The summed E-state index contributed by atoms with van der Waals surface area (Å²) in [7, 11) is 2.18. The summed E-state index contributed by atoms with van der Waals surface area (Å²) in [5.41, 5.74) is 5.43. The summed E-state index contributed by atoms with van der Waals surface area (Å²) in [5.74, 6) is -2.76. The Bertz CT molecular complexity index is 1000. The molecule has 2 aromatic rings. The zero-order valence-corrected chi connectivity index (χ0v) is 20.4. The number of aromatic nitrogens is 3. The van der Waals surface area contributed by atoms with Crippen LogP contribution < -0.4 is 0 Å². The third kappa shape index (κ3) is 6.13. The van der Waals surface area contributed by atoms with Crippen molar-refractivity contribution in [2.24, 2.45) is 5.41 Å². The van der Waals surface area contributed by atoms with Crippen molar-refractivity contribution in [2.45, 2.75) is 65.7 Å². The van der Waals surface area contributed by atoms with Gasteiger partial charge in [0.1, 0.15) is 5.01 Å². The molecule has 11 heteroatoms. The smallest absolute Gasteiger partial charge is 0.475 e. The Hall–Kier alpha value is -1.98. The quantitative estimate of drug-likeness (QED) is 0.699. The maximum atomic E-state index is 10.6. The zero-order valence-electron chi connectivity index (χ0n) is 19.6. The average molecular weight is 489 g/mol. The first-order chi connectivity index (χ1) is 15.3. The highest BCUT2D eigenvalue weighted by molar-refractivity contribution is 7.11. The van der Waals surface area contributed by atoms with Gasteiger partial charge >= 0.3 is 12.1 Å². The lowest BCUT2D eigenvalue weighted by atomic mass is 9.79. The summed E-state index contributed by atoms with van der Waals surface area (Å²) in [4.78, 5) is 17.7. The number of ether oxygens (including phenoxy) is 1. The van der Waals surface area contributed by atoms with Crippen LogP contribution in [0.4, 0.5) is 13.2 Å². The van der Waals surface area contributed by atoms with Crippen LogP contribution in [-0.4, -0.2) is 63.7 Å². The number of alkyl halides is 3. The van der Waals surface area contributed by atoms with E-state index in [0.717, 1.165) is 44.8 Å². The Kier molecular flexibility index (Phi) is 7.55. The second kappa shape index (κ2) is 9.71. The van der Waals surface area contributed by atoms with Crippen LogP contribution in [0, 0.1) is 19.3 Å². The van der Waals surface area contributed by atoms with Gasteiger partial charge in [-0.25, -0.2) is 9.78 Å². The van der Waals surface area contributed by atoms with Crippen molar-refractivity contribution < 1.29 is 27.8 Å². The largest absolute Gasteiger partial charge is 0.490 e. The molecule has 1 atom stereocenters. The Morgan fingerprint density at radius 3 is 2.61 bits per heavy atom. The summed E-state index contributed by atoms with van der Waals surface area (Å²) < 4.78 is 39.6. The molecule has 1 unspecified atom stereocenters. The fraction of sp³-hybridized carbons (Fsp3) is 0.682. The normalized spacial score (nSPS) is 20.7. The molecule has 4 rings (SSSR count). The number of morpholine rings is 1. The van der Waals surface area contributed by atoms with E-state index in [4.69, 9.17) is 24.7 Å². The molecule has 0 aromatic carbocycles. The van der Waals surface area contributed by atoms with E-state index >= 15 is 0 Å². The molecule has 2 aliphatic rings. The molecular weight excluding hydrogens is 457 g/mol. The summed E-state index contributed by atoms with van der Waals surface area (Å²) in [6.45, 7) is 12.4. The highest BCUT2D eigenvalue weighted by Gasteiger charge is 2.38. The summed E-state index contributed by atoms with van der Waals surface area (Å²) in [6, 6.07) is 0.308. The van der Waals surface area contributed by atoms with E-state index in [0.29, 0.717) is 11.5 Å². The van der Waals surface area contributed by atoms with Gasteiger partial charge in [0.25, 0.3) is 0 Å². The Morgan fingerprint density at radius 1 is 1.33 bits per heavy atom. The maximum absolute atomic E-state index is 10.6. The number of aliphatic carboxylic acids is 1. The molecule has 0 radical (unpaired) electrons. The third-order valence-corrected chi connectivity index (χ3v) is 7.28. The van der Waals surface area contributed by atoms with Crippen LogP contribution >= 0.6 is 11.3 Å². The lowest BCUT2D eigenvalue weighted by Gasteiger charge is -2.32. The number of aryl methyl sites for hydroxylation is 2. The highest BCUT2D eigenvalue weighted by Crippen LogP contribution is 2.37. The fourth-order valence-corrected chi connectivity index (χ4v) is 5.64. The number of carbonyl (C=O) groups is 1. The van der Waals surface area contributed by atoms with E-state index in [1.807, 2.05) is 11.3 Å². The summed E-state index contributed by atoms with van der Waals surface area (Å²) in [6.07, 6.45) is -1.57. The van der Waals surface area contributed by atoms with E-state index in [1.54, 1.807) is 0 Å². The number of thiazole rings is 1. The van der Waals surface area contributed by atoms with Gasteiger partial charge in [-0.15, -0.1) is 11.3 Å². The highest BCUT2D eigenvalue weighted by atomic mass is 32.1. The first kappa shape index (κ1) is 25.6. The lowest BCUT2D eigenvalue weighted by Crippen LogP contribution is -2.37. The number of nitrogens with zero attached hydrogens (tertiary/aromatic N) is 4. The summed E-state index contributed by atoms with van der Waals surface area (Å²) >= 11 is 1.89. The minimum absolute atomic E-state index is 0.308. The zero-order chi connectivity index (χ0) is 24.6. The van der Waals surface area contributed by atoms with Crippen molar-refractivity contribution in [2.75, 3.05) is 26.8 Å². The van der Waals surface area contributed by atoms with E-state index in [-0.39, 0.29) is 0 Å². The molecule has 0 amide bonds. The summed E-state index contributed by atoms with van der Waals surface area (Å²) in [5, 5.41) is 13.2. The molecule has 0 saturated carbocycles. The fourth-order valence-electron chi connectivity index (χ4n) is 4.28. The van der Waals surface area contributed by atoms with E-state index in [2.05, 4.69) is 44.3 Å². The van der Waals surface area contributed by atoms with Gasteiger partial charge in [-0.05, 0) is 45.6 Å². The van der Waals surface area contributed by atoms with Crippen LogP contribution in [0.1, 0.15) is 58.8 Å². The van der Waals surface area contributed by atoms with Crippen LogP contribution in [0.5, 0.6) is 0 Å². The van der Waals surface area contributed by atoms with E-state index < -0.39 is 12.1 Å². The molecule has 3 heterocycles. The molecule has 33 heavy (non-hydrogen) atoms. The van der Waals surface area contributed by atoms with Gasteiger partial charge in [0.2, 0.25) is 0 Å². The van der Waals surface area contributed by atoms with Crippen LogP contribution in [0.25, 0.3) is 0 Å². The predicted octanol–water partition coefficient (Wildman–Crippen LogP) is 4.16. The number of carboxylic acids is 1. The Morgan fingerprint density at radius 2 is 2.00 bits per heavy atom. The van der Waals surface area contributed by atoms with Crippen LogP contribution in [-0.2, 0) is 28.9 Å². The number of hydrogen-bond donors (Lipinski definition) is 1. The third-order valence-electron chi connectivity index (χ3n) is 6.19. The molecule has 1 saturated heterocycles. The number of likely N-dealkylation sites (N-methyl/N-ethyl adjacent to an activating group) is 1. The average Bonchev–Trinajstić information content (AvgIpc) is 3.21. The molecule has 0 spiro atoms. The minimum atomic E-state index is -5.08. The van der Waals surface area contributed by atoms with Gasteiger partial charge in [-0.1, -0.05) is 13.8 Å². The SMILES string of the molecule is Cc1nn(Cc2nc3c(s2)CC(C)(C)CC3)c(C)c1C1COCCN1C.O=C(O)C(F)(F)F. The number of rotatable bonds is 3. The monoisotopic (exact) mass is 488 g/mol. The molecule has 2 aromatic heterocycles. The molecule has 1 aliphatic carbocycles. The molecule has 1 N–H and O–H groups in total. The maximum Gasteiger partial charge on any atom is 0.490 e. The molecule has 184 valence electrons. The van der Waals surface area contributed by atoms with E-state index in [9.17, 15) is 13.2 Å². The van der Waals surface area contributed by atoms with Crippen molar-refractivity contribution in [3.8, 4) is 0 Å². The second-order valence-corrected chi connectivity index (χ2v) is 10.6. The Balaban J connectivity index is 0.000000383. The van der Waals surface area contributed by atoms with Crippen molar-refractivity contribution >= 4 is 17.3 Å². The van der Waals surface area contributed by atoms with Gasteiger partial charge in [0.15, 0.2) is 0 Å². The van der Waals surface area contributed by atoms with E-state index in [1.165, 1.54) is 33.3 Å². The molecular formula is C22H31F3N4O3S.